The van der Waals surface area contributed by atoms with Gasteiger partial charge in [0.1, 0.15) is 12.6 Å². The first-order chi connectivity index (χ1) is 14.6. The molecule has 0 aliphatic rings. The molecule has 0 rings (SSSR count). The van der Waals surface area contributed by atoms with E-state index in [0.717, 1.165) is 25.2 Å². The minimum atomic E-state index is -1.11. The van der Waals surface area contributed by atoms with Crippen molar-refractivity contribution in [1.82, 2.24) is 10.6 Å². The van der Waals surface area contributed by atoms with Gasteiger partial charge in [0.25, 0.3) is 0 Å². The van der Waals surface area contributed by atoms with Crippen LogP contribution in [-0.2, 0) is 14.3 Å². The number of thioether (sulfide) groups is 1. The molecule has 0 radical (unpaired) electrons. The number of hydrogen-bond acceptors (Lipinski definition) is 5. The van der Waals surface area contributed by atoms with Crippen molar-refractivity contribution < 1.29 is 24.2 Å². The number of rotatable bonds is 16. The Kier molecular flexibility index (Phi) is 16.6. The molecule has 0 saturated carbocycles. The molecular formula is C23H40N2O5S. The highest BCUT2D eigenvalue weighted by atomic mass is 32.2. The van der Waals surface area contributed by atoms with E-state index in [0.29, 0.717) is 5.75 Å². The molecule has 0 aliphatic heterocycles. The minimum Gasteiger partial charge on any atom is -0.480 e. The monoisotopic (exact) mass is 456 g/mol. The van der Waals surface area contributed by atoms with Crippen molar-refractivity contribution in [2.45, 2.75) is 72.8 Å². The summed E-state index contributed by atoms with van der Waals surface area (Å²) in [7, 11) is 0. The number of esters is 1. The molecule has 2 atom stereocenters. The molecule has 31 heavy (non-hydrogen) atoms. The predicted octanol–water partition coefficient (Wildman–Crippen LogP) is 4.53. The van der Waals surface area contributed by atoms with Crippen LogP contribution in [0.15, 0.2) is 23.3 Å². The lowest BCUT2D eigenvalue weighted by Crippen LogP contribution is -2.48. The SMILES string of the molecule is CCOC(=O)CNC(=O)N[C@@H](CSC/C=C(\C)CCCC(C)CCC=C(C)C)C(=O)O. The van der Waals surface area contributed by atoms with Gasteiger partial charge >= 0.3 is 18.0 Å². The quantitative estimate of drug-likeness (QED) is 0.179. The average molecular weight is 457 g/mol. The molecule has 7 nitrogen and oxygen atoms in total. The second kappa shape index (κ2) is 17.7. The Balaban J connectivity index is 4.12. The smallest absolute Gasteiger partial charge is 0.327 e. The Hall–Kier alpha value is -1.96. The third kappa shape index (κ3) is 17.4. The van der Waals surface area contributed by atoms with Crippen LogP contribution >= 0.6 is 11.8 Å². The number of ether oxygens (including phenoxy) is 1. The highest BCUT2D eigenvalue weighted by molar-refractivity contribution is 7.99. The summed E-state index contributed by atoms with van der Waals surface area (Å²) in [6.07, 6.45) is 10.2. The molecule has 178 valence electrons. The van der Waals surface area contributed by atoms with Gasteiger partial charge in [0.05, 0.1) is 6.61 Å². The van der Waals surface area contributed by atoms with E-state index >= 15 is 0 Å². The number of hydrogen-bond donors (Lipinski definition) is 3. The Labute approximate surface area is 191 Å². The number of carboxylic acid groups (broad SMARTS) is 1. The van der Waals surface area contributed by atoms with Crippen molar-refractivity contribution in [3.63, 3.8) is 0 Å². The third-order valence-corrected chi connectivity index (χ3v) is 5.59. The van der Waals surface area contributed by atoms with Gasteiger partial charge in [-0.25, -0.2) is 9.59 Å². The number of carbonyl (C=O) groups excluding carboxylic acids is 2. The Morgan fingerprint density at radius 1 is 1.13 bits per heavy atom. The van der Waals surface area contributed by atoms with Crippen molar-refractivity contribution in [2.24, 2.45) is 5.92 Å². The van der Waals surface area contributed by atoms with Crippen molar-refractivity contribution in [2.75, 3.05) is 24.7 Å². The number of amides is 2. The summed E-state index contributed by atoms with van der Waals surface area (Å²) in [6.45, 7) is 10.3. The van der Waals surface area contributed by atoms with E-state index < -0.39 is 24.0 Å². The zero-order valence-corrected chi connectivity index (χ0v) is 20.5. The van der Waals surface area contributed by atoms with E-state index in [9.17, 15) is 19.5 Å². The molecule has 0 bridgehead atoms. The highest BCUT2D eigenvalue weighted by Crippen LogP contribution is 2.18. The second-order valence-electron chi connectivity index (χ2n) is 7.97. The van der Waals surface area contributed by atoms with Gasteiger partial charge in [-0.15, -0.1) is 0 Å². The molecule has 2 amide bonds. The molecule has 0 aromatic heterocycles. The molecule has 0 aromatic carbocycles. The molecule has 0 aliphatic carbocycles. The van der Waals surface area contributed by atoms with E-state index in [4.69, 9.17) is 4.74 Å². The Morgan fingerprint density at radius 3 is 2.45 bits per heavy atom. The van der Waals surface area contributed by atoms with Gasteiger partial charge in [-0.2, -0.15) is 11.8 Å². The summed E-state index contributed by atoms with van der Waals surface area (Å²) in [4.78, 5) is 34.3. The molecular weight excluding hydrogens is 416 g/mol. The maximum atomic E-state index is 11.8. The van der Waals surface area contributed by atoms with Crippen LogP contribution in [0.5, 0.6) is 0 Å². The van der Waals surface area contributed by atoms with Crippen LogP contribution in [0.4, 0.5) is 4.79 Å². The number of allylic oxidation sites excluding steroid dienone is 3. The molecule has 8 heteroatoms. The van der Waals surface area contributed by atoms with E-state index in [2.05, 4.69) is 50.5 Å². The average Bonchev–Trinajstić information content (AvgIpc) is 2.68. The van der Waals surface area contributed by atoms with Crippen LogP contribution < -0.4 is 10.6 Å². The normalized spacial score (nSPS) is 13.1. The molecule has 3 N–H and O–H groups in total. The summed E-state index contributed by atoms with van der Waals surface area (Å²) in [5.41, 5.74) is 2.68. The van der Waals surface area contributed by atoms with Crippen LogP contribution in [0.25, 0.3) is 0 Å². The van der Waals surface area contributed by atoms with E-state index in [-0.39, 0.29) is 18.9 Å². The van der Waals surface area contributed by atoms with Crippen molar-refractivity contribution in [3.8, 4) is 0 Å². The van der Waals surface area contributed by atoms with Crippen LogP contribution in [0.2, 0.25) is 0 Å². The van der Waals surface area contributed by atoms with Gasteiger partial charge in [-0.3, -0.25) is 4.79 Å². The Morgan fingerprint density at radius 2 is 1.84 bits per heavy atom. The van der Waals surface area contributed by atoms with Gasteiger partial charge < -0.3 is 20.5 Å². The van der Waals surface area contributed by atoms with Gasteiger partial charge in [0.2, 0.25) is 0 Å². The minimum absolute atomic E-state index is 0.221. The van der Waals surface area contributed by atoms with Crippen LogP contribution in [-0.4, -0.2) is 53.8 Å². The second-order valence-corrected chi connectivity index (χ2v) is 9.04. The van der Waals surface area contributed by atoms with Gasteiger partial charge in [0, 0.05) is 11.5 Å². The first-order valence-corrected chi connectivity index (χ1v) is 12.1. The zero-order chi connectivity index (χ0) is 23.6. The summed E-state index contributed by atoms with van der Waals surface area (Å²) in [6, 6.07) is -1.73. The van der Waals surface area contributed by atoms with Crippen molar-refractivity contribution in [3.05, 3.63) is 23.3 Å². The summed E-state index contributed by atoms with van der Waals surface area (Å²) < 4.78 is 4.70. The molecule has 0 saturated heterocycles. The number of carboxylic acids is 1. The maximum Gasteiger partial charge on any atom is 0.327 e. The Bertz CT molecular complexity index is 615. The van der Waals surface area contributed by atoms with E-state index in [1.165, 1.54) is 35.7 Å². The lowest BCUT2D eigenvalue weighted by atomic mass is 9.97. The molecule has 1 unspecified atom stereocenters. The van der Waals surface area contributed by atoms with Gasteiger partial charge in [0.15, 0.2) is 0 Å². The fraction of sp³-hybridized carbons (Fsp3) is 0.696. The first kappa shape index (κ1) is 29.0. The maximum absolute atomic E-state index is 11.8. The largest absolute Gasteiger partial charge is 0.480 e. The predicted molar refractivity (Wildman–Crippen MR) is 127 cm³/mol. The number of nitrogens with one attached hydrogen (secondary N) is 2. The van der Waals surface area contributed by atoms with Crippen LogP contribution in [0, 0.1) is 5.92 Å². The molecule has 0 aromatic rings. The fourth-order valence-corrected chi connectivity index (χ4v) is 3.77. The molecule has 0 spiro atoms. The lowest BCUT2D eigenvalue weighted by molar-refractivity contribution is -0.141. The first-order valence-electron chi connectivity index (χ1n) is 10.9. The molecule has 0 fully saturated rings. The topological polar surface area (TPSA) is 105 Å². The van der Waals surface area contributed by atoms with Crippen molar-refractivity contribution in [1.29, 1.82) is 0 Å². The number of urea groups is 1. The summed E-state index contributed by atoms with van der Waals surface area (Å²) in [5, 5.41) is 14.0. The van der Waals surface area contributed by atoms with Crippen LogP contribution in [0.3, 0.4) is 0 Å². The summed E-state index contributed by atoms with van der Waals surface area (Å²) in [5.74, 6) is -0.0240. The lowest BCUT2D eigenvalue weighted by Gasteiger charge is -2.14. The summed E-state index contributed by atoms with van der Waals surface area (Å²) >= 11 is 1.45. The van der Waals surface area contributed by atoms with E-state index in [1.54, 1.807) is 6.92 Å². The highest BCUT2D eigenvalue weighted by Gasteiger charge is 2.20. The number of aliphatic carboxylic acids is 1. The van der Waals surface area contributed by atoms with E-state index in [1.807, 2.05) is 0 Å². The number of carbonyl (C=O) groups is 3. The fourth-order valence-electron chi connectivity index (χ4n) is 2.77. The van der Waals surface area contributed by atoms with Crippen molar-refractivity contribution >= 4 is 29.7 Å². The standard InChI is InChI=1S/C23H40N2O5S/c1-6-30-21(26)15-24-23(29)25-20(22(27)28)16-31-14-13-19(5)12-8-11-18(4)10-7-9-17(2)3/h9,13,18,20H,6-8,10-12,14-16H2,1-5H3,(H,27,28)(H2,24,25,29)/b19-13+/t18?,20-/m0/s1. The molecule has 0 heterocycles. The van der Waals surface area contributed by atoms with Crippen LogP contribution in [0.1, 0.15) is 66.7 Å². The van der Waals surface area contributed by atoms with Gasteiger partial charge in [-0.1, -0.05) is 36.6 Å². The third-order valence-electron chi connectivity index (χ3n) is 4.62. The zero-order valence-electron chi connectivity index (χ0n) is 19.7. The van der Waals surface area contributed by atoms with Gasteiger partial charge in [-0.05, 0) is 59.3 Å².